The molecular formula is C17H31N3O4. The Bertz CT molecular complexity index is 480. The lowest BCUT2D eigenvalue weighted by atomic mass is 9.86. The van der Waals surface area contributed by atoms with Crippen molar-refractivity contribution >= 4 is 17.8 Å². The van der Waals surface area contributed by atoms with Gasteiger partial charge in [0.05, 0.1) is 6.04 Å². The van der Waals surface area contributed by atoms with Crippen molar-refractivity contribution in [3.05, 3.63) is 0 Å². The summed E-state index contributed by atoms with van der Waals surface area (Å²) >= 11 is 0. The number of hydrogen-bond acceptors (Lipinski definition) is 6. The molecule has 0 aromatic heterocycles. The van der Waals surface area contributed by atoms with E-state index in [1.165, 1.54) is 6.92 Å². The molecule has 0 radical (unpaired) electrons. The average molecular weight is 341 g/mol. The first-order valence-corrected chi connectivity index (χ1v) is 8.72. The second kappa shape index (κ2) is 8.58. The van der Waals surface area contributed by atoms with E-state index in [0.717, 1.165) is 19.3 Å². The van der Waals surface area contributed by atoms with Crippen molar-refractivity contribution in [2.24, 2.45) is 23.3 Å². The normalized spacial score (nSPS) is 26.0. The maximum absolute atomic E-state index is 12.3. The Hall–Kier alpha value is -1.47. The molecule has 1 fully saturated rings. The van der Waals surface area contributed by atoms with Crippen LogP contribution in [0.25, 0.3) is 0 Å². The third kappa shape index (κ3) is 5.01. The maximum Gasteiger partial charge on any atom is 0.336 e. The highest BCUT2D eigenvalue weighted by molar-refractivity contribution is 5.95. The summed E-state index contributed by atoms with van der Waals surface area (Å²) < 4.78 is 4.93. The summed E-state index contributed by atoms with van der Waals surface area (Å²) in [4.78, 5) is 36.3. The molecule has 4 atom stereocenters. The van der Waals surface area contributed by atoms with Crippen LogP contribution in [-0.2, 0) is 19.1 Å². The van der Waals surface area contributed by atoms with Crippen LogP contribution in [0.5, 0.6) is 0 Å². The molecule has 0 bridgehead atoms. The zero-order valence-corrected chi connectivity index (χ0v) is 15.1. The van der Waals surface area contributed by atoms with E-state index in [0.29, 0.717) is 12.8 Å². The topological polar surface area (TPSA) is 125 Å². The molecule has 0 spiro atoms. The van der Waals surface area contributed by atoms with Crippen LogP contribution in [0.15, 0.2) is 0 Å². The monoisotopic (exact) mass is 341 g/mol. The van der Waals surface area contributed by atoms with Gasteiger partial charge in [-0.05, 0) is 38.0 Å². The van der Waals surface area contributed by atoms with E-state index < -0.39 is 35.5 Å². The smallest absolute Gasteiger partial charge is 0.336 e. The van der Waals surface area contributed by atoms with Crippen LogP contribution in [-0.4, -0.2) is 35.5 Å². The number of esters is 2. The van der Waals surface area contributed by atoms with Gasteiger partial charge in [-0.2, -0.15) is 0 Å². The summed E-state index contributed by atoms with van der Waals surface area (Å²) in [5.41, 5.74) is 10.8. The number of nitrogens with two attached hydrogens (primary N) is 2. The van der Waals surface area contributed by atoms with Crippen molar-refractivity contribution in [1.82, 2.24) is 5.32 Å². The Morgan fingerprint density at radius 3 is 2.46 bits per heavy atom. The Balaban J connectivity index is 2.57. The first kappa shape index (κ1) is 20.6. The molecule has 0 aliphatic heterocycles. The molecule has 1 aliphatic rings. The van der Waals surface area contributed by atoms with Crippen molar-refractivity contribution in [2.45, 2.75) is 77.4 Å². The highest BCUT2D eigenvalue weighted by atomic mass is 16.6. The molecule has 7 nitrogen and oxygen atoms in total. The van der Waals surface area contributed by atoms with Gasteiger partial charge in [0, 0.05) is 0 Å². The van der Waals surface area contributed by atoms with Gasteiger partial charge in [-0.3, -0.25) is 4.79 Å². The van der Waals surface area contributed by atoms with Gasteiger partial charge < -0.3 is 21.5 Å². The lowest BCUT2D eigenvalue weighted by Crippen LogP contribution is -2.54. The van der Waals surface area contributed by atoms with Gasteiger partial charge in [-0.1, -0.05) is 33.6 Å². The van der Waals surface area contributed by atoms with Crippen molar-refractivity contribution in [3.8, 4) is 0 Å². The van der Waals surface area contributed by atoms with Crippen LogP contribution in [0.3, 0.4) is 0 Å². The molecule has 1 rings (SSSR count). The Morgan fingerprint density at radius 2 is 1.92 bits per heavy atom. The summed E-state index contributed by atoms with van der Waals surface area (Å²) in [5.74, 6) is -1.67. The predicted molar refractivity (Wildman–Crippen MR) is 90.7 cm³/mol. The van der Waals surface area contributed by atoms with Crippen LogP contribution in [0, 0.1) is 11.8 Å². The first-order chi connectivity index (χ1) is 11.1. The molecule has 0 heterocycles. The van der Waals surface area contributed by atoms with Gasteiger partial charge >= 0.3 is 11.9 Å². The summed E-state index contributed by atoms with van der Waals surface area (Å²) in [6.45, 7) is 7.34. The van der Waals surface area contributed by atoms with Crippen molar-refractivity contribution < 1.29 is 19.1 Å². The zero-order valence-electron chi connectivity index (χ0n) is 15.1. The Kier molecular flexibility index (Phi) is 7.35. The van der Waals surface area contributed by atoms with Crippen molar-refractivity contribution in [3.63, 3.8) is 0 Å². The second-order valence-electron chi connectivity index (χ2n) is 7.21. The molecule has 1 amide bonds. The lowest BCUT2D eigenvalue weighted by Gasteiger charge is -2.28. The number of hydrogen-bond donors (Lipinski definition) is 3. The minimum absolute atomic E-state index is 0.0159. The highest BCUT2D eigenvalue weighted by Crippen LogP contribution is 2.36. The van der Waals surface area contributed by atoms with Gasteiger partial charge in [0.15, 0.2) is 0 Å². The molecule has 5 N–H and O–H groups in total. The summed E-state index contributed by atoms with van der Waals surface area (Å²) in [6, 6.07) is -1.65. The van der Waals surface area contributed by atoms with Gasteiger partial charge in [-0.25, -0.2) is 9.59 Å². The van der Waals surface area contributed by atoms with Gasteiger partial charge in [-0.15, -0.1) is 0 Å². The largest absolute Gasteiger partial charge is 0.390 e. The molecule has 2 unspecified atom stereocenters. The third-order valence-corrected chi connectivity index (χ3v) is 4.71. The summed E-state index contributed by atoms with van der Waals surface area (Å²) in [5, 5.41) is 2.49. The molecule has 24 heavy (non-hydrogen) atoms. The molecule has 1 saturated carbocycles. The summed E-state index contributed by atoms with van der Waals surface area (Å²) in [6.07, 6.45) is 3.48. The van der Waals surface area contributed by atoms with E-state index in [9.17, 15) is 14.4 Å². The fourth-order valence-electron chi connectivity index (χ4n) is 3.21. The van der Waals surface area contributed by atoms with Gasteiger partial charge in [0.25, 0.3) is 0 Å². The fraction of sp³-hybridized carbons (Fsp3) is 0.824. The number of nitrogens with one attached hydrogen (secondary N) is 1. The minimum atomic E-state index is -1.11. The molecule has 138 valence electrons. The molecule has 0 aromatic carbocycles. The van der Waals surface area contributed by atoms with Crippen LogP contribution in [0.4, 0.5) is 0 Å². The number of ether oxygens (including phenoxy) is 1. The van der Waals surface area contributed by atoms with E-state index in [1.807, 2.05) is 20.8 Å². The minimum Gasteiger partial charge on any atom is -0.390 e. The van der Waals surface area contributed by atoms with Crippen LogP contribution >= 0.6 is 0 Å². The van der Waals surface area contributed by atoms with E-state index in [-0.39, 0.29) is 11.8 Å². The van der Waals surface area contributed by atoms with Crippen LogP contribution in [0.2, 0.25) is 0 Å². The van der Waals surface area contributed by atoms with Crippen molar-refractivity contribution in [1.29, 1.82) is 0 Å². The number of rotatable bonds is 7. The van der Waals surface area contributed by atoms with E-state index >= 15 is 0 Å². The number of carbonyl (C=O) groups is 3. The Morgan fingerprint density at radius 1 is 1.29 bits per heavy atom. The Labute approximate surface area is 143 Å². The third-order valence-electron chi connectivity index (χ3n) is 4.71. The van der Waals surface area contributed by atoms with Crippen LogP contribution < -0.4 is 16.8 Å². The van der Waals surface area contributed by atoms with Crippen LogP contribution in [0.1, 0.15) is 59.8 Å². The number of amides is 1. The molecule has 7 heteroatoms. The highest BCUT2D eigenvalue weighted by Gasteiger charge is 2.47. The maximum atomic E-state index is 12.3. The molecule has 0 saturated heterocycles. The standard InChI is InChI=1S/C17H31N3O4/c1-5-12-7-6-8-17(12,19)16(23)24-15(22)11(4)20-14(21)13(18)9-10(2)3/h10-13H,5-9,18-19H2,1-4H3,(H,20,21)/t11-,12?,13-,17?/m0/s1. The van der Waals surface area contributed by atoms with Crippen molar-refractivity contribution in [2.75, 3.05) is 0 Å². The first-order valence-electron chi connectivity index (χ1n) is 8.72. The fourth-order valence-corrected chi connectivity index (χ4v) is 3.21. The zero-order chi connectivity index (χ0) is 18.5. The van der Waals surface area contributed by atoms with Gasteiger partial charge in [0.2, 0.25) is 5.91 Å². The lowest BCUT2D eigenvalue weighted by molar-refractivity contribution is -0.166. The van der Waals surface area contributed by atoms with E-state index in [4.69, 9.17) is 16.2 Å². The predicted octanol–water partition coefficient (Wildman–Crippen LogP) is 0.842. The molecular weight excluding hydrogens is 310 g/mol. The molecule has 0 aromatic rings. The SMILES string of the molecule is CCC1CCCC1(N)C(=O)OC(=O)[C@H](C)NC(=O)[C@@H](N)CC(C)C. The van der Waals surface area contributed by atoms with E-state index in [1.54, 1.807) is 0 Å². The summed E-state index contributed by atoms with van der Waals surface area (Å²) in [7, 11) is 0. The number of carbonyl (C=O) groups excluding carboxylic acids is 3. The van der Waals surface area contributed by atoms with Gasteiger partial charge in [0.1, 0.15) is 11.6 Å². The second-order valence-corrected chi connectivity index (χ2v) is 7.21. The van der Waals surface area contributed by atoms with E-state index in [2.05, 4.69) is 5.32 Å². The quantitative estimate of drug-likeness (QED) is 0.465. The molecule has 1 aliphatic carbocycles. The average Bonchev–Trinajstić information content (AvgIpc) is 2.88.